The van der Waals surface area contributed by atoms with Crippen LogP contribution in [0.4, 0.5) is 5.82 Å². The molecule has 6 heteroatoms. The van der Waals surface area contributed by atoms with Crippen molar-refractivity contribution in [2.24, 2.45) is 7.05 Å². The molecule has 1 N–H and O–H groups in total. The minimum atomic E-state index is -0.279. The Morgan fingerprint density at radius 3 is 2.77 bits per heavy atom. The van der Waals surface area contributed by atoms with Crippen molar-refractivity contribution >= 4 is 11.7 Å². The Morgan fingerprint density at radius 2 is 2.05 bits per heavy atom. The molecule has 0 spiro atoms. The zero-order valence-corrected chi connectivity index (χ0v) is 11.9. The highest BCUT2D eigenvalue weighted by molar-refractivity contribution is 6.05. The molecule has 0 saturated carbocycles. The van der Waals surface area contributed by atoms with Crippen molar-refractivity contribution in [2.75, 3.05) is 5.32 Å². The van der Waals surface area contributed by atoms with Gasteiger partial charge in [-0.05, 0) is 24.3 Å². The van der Waals surface area contributed by atoms with Gasteiger partial charge >= 0.3 is 0 Å². The van der Waals surface area contributed by atoms with Crippen LogP contribution in [-0.4, -0.2) is 20.7 Å². The molecule has 3 aromatic rings. The molecule has 0 atom stereocenters. The molecule has 22 heavy (non-hydrogen) atoms. The van der Waals surface area contributed by atoms with Crippen LogP contribution in [0.15, 0.2) is 61.1 Å². The first-order chi connectivity index (χ1) is 10.7. The van der Waals surface area contributed by atoms with E-state index in [0.29, 0.717) is 22.9 Å². The van der Waals surface area contributed by atoms with Gasteiger partial charge in [0.25, 0.3) is 5.91 Å². The molecular formula is C16H14N4O2. The number of aromatic nitrogens is 3. The molecule has 6 nitrogen and oxygen atoms in total. The number of anilines is 1. The lowest BCUT2D eigenvalue weighted by atomic mass is 10.2. The Balaban J connectivity index is 1.83. The fourth-order valence-electron chi connectivity index (χ4n) is 1.94. The van der Waals surface area contributed by atoms with Gasteiger partial charge in [0.1, 0.15) is 11.5 Å². The second kappa shape index (κ2) is 6.09. The van der Waals surface area contributed by atoms with Crippen molar-refractivity contribution in [1.29, 1.82) is 0 Å². The molecule has 0 radical (unpaired) electrons. The summed E-state index contributed by atoms with van der Waals surface area (Å²) in [4.78, 5) is 16.4. The van der Waals surface area contributed by atoms with Gasteiger partial charge in [0, 0.05) is 25.5 Å². The van der Waals surface area contributed by atoms with Crippen LogP contribution in [0.25, 0.3) is 0 Å². The third-order valence-electron chi connectivity index (χ3n) is 2.95. The molecular weight excluding hydrogens is 280 g/mol. The third-order valence-corrected chi connectivity index (χ3v) is 2.95. The Hall–Kier alpha value is -3.15. The summed E-state index contributed by atoms with van der Waals surface area (Å²) in [6, 6.07) is 12.3. The maximum absolute atomic E-state index is 12.4. The summed E-state index contributed by atoms with van der Waals surface area (Å²) < 4.78 is 7.34. The van der Waals surface area contributed by atoms with E-state index < -0.39 is 0 Å². The van der Waals surface area contributed by atoms with Gasteiger partial charge in [-0.1, -0.05) is 12.1 Å². The van der Waals surface area contributed by atoms with Crippen LogP contribution in [0, 0.1) is 0 Å². The Morgan fingerprint density at radius 1 is 1.18 bits per heavy atom. The number of ether oxygens (including phenoxy) is 1. The lowest BCUT2D eigenvalue weighted by Gasteiger charge is -2.10. The first-order valence-electron chi connectivity index (χ1n) is 6.70. The molecule has 0 bridgehead atoms. The van der Waals surface area contributed by atoms with Gasteiger partial charge in [0.05, 0.1) is 11.8 Å². The van der Waals surface area contributed by atoms with Crippen LogP contribution in [0.2, 0.25) is 0 Å². The van der Waals surface area contributed by atoms with Crippen LogP contribution in [0.5, 0.6) is 11.5 Å². The maximum atomic E-state index is 12.4. The van der Waals surface area contributed by atoms with E-state index in [1.165, 1.54) is 0 Å². The zero-order chi connectivity index (χ0) is 15.4. The van der Waals surface area contributed by atoms with E-state index in [0.717, 1.165) is 0 Å². The predicted octanol–water partition coefficient (Wildman–Crippen LogP) is 2.86. The summed E-state index contributed by atoms with van der Waals surface area (Å²) in [7, 11) is 1.79. The van der Waals surface area contributed by atoms with Crippen molar-refractivity contribution in [3.63, 3.8) is 0 Å². The van der Waals surface area contributed by atoms with Gasteiger partial charge in [0.2, 0.25) is 0 Å². The number of amides is 1. The van der Waals surface area contributed by atoms with Crippen molar-refractivity contribution in [1.82, 2.24) is 14.8 Å². The van der Waals surface area contributed by atoms with Crippen LogP contribution in [-0.2, 0) is 7.05 Å². The fourth-order valence-corrected chi connectivity index (χ4v) is 1.94. The summed E-state index contributed by atoms with van der Waals surface area (Å²) in [6.07, 6.45) is 5.01. The lowest BCUT2D eigenvalue weighted by molar-refractivity contribution is 0.102. The number of hydrogen-bond donors (Lipinski definition) is 1. The number of hydrogen-bond acceptors (Lipinski definition) is 4. The van der Waals surface area contributed by atoms with Gasteiger partial charge in [-0.2, -0.15) is 5.10 Å². The van der Waals surface area contributed by atoms with E-state index in [9.17, 15) is 4.79 Å². The number of carbonyl (C=O) groups is 1. The van der Waals surface area contributed by atoms with Crippen LogP contribution in [0.1, 0.15) is 10.4 Å². The number of carbonyl (C=O) groups excluding carboxylic acids is 1. The second-order valence-electron chi connectivity index (χ2n) is 4.62. The first-order valence-corrected chi connectivity index (χ1v) is 6.70. The normalized spacial score (nSPS) is 10.2. The van der Waals surface area contributed by atoms with E-state index in [1.807, 2.05) is 6.07 Å². The smallest absolute Gasteiger partial charge is 0.260 e. The first kappa shape index (κ1) is 13.8. The van der Waals surface area contributed by atoms with E-state index in [1.54, 1.807) is 66.7 Å². The third kappa shape index (κ3) is 3.12. The highest BCUT2D eigenvalue weighted by Gasteiger charge is 2.14. The monoisotopic (exact) mass is 294 g/mol. The van der Waals surface area contributed by atoms with E-state index in [-0.39, 0.29) is 5.91 Å². The fraction of sp³-hybridized carbons (Fsp3) is 0.0625. The topological polar surface area (TPSA) is 69.0 Å². The number of benzene rings is 1. The summed E-state index contributed by atoms with van der Waals surface area (Å²) in [5.74, 6) is 1.24. The van der Waals surface area contributed by atoms with Crippen LogP contribution in [0.3, 0.4) is 0 Å². The molecule has 110 valence electrons. The largest absolute Gasteiger partial charge is 0.455 e. The average molecular weight is 294 g/mol. The van der Waals surface area contributed by atoms with Crippen molar-refractivity contribution < 1.29 is 9.53 Å². The molecule has 2 heterocycles. The number of aryl methyl sites for hydroxylation is 1. The molecule has 0 saturated heterocycles. The molecule has 0 unspecified atom stereocenters. The standard InChI is InChI=1S/C16H14N4O2/c1-20-10-8-15(19-20)18-16(21)13-6-2-3-7-14(13)22-12-5-4-9-17-11-12/h2-11H,1H3,(H,18,19,21). The van der Waals surface area contributed by atoms with E-state index >= 15 is 0 Å². The minimum Gasteiger partial charge on any atom is -0.455 e. The summed E-state index contributed by atoms with van der Waals surface area (Å²) in [6.45, 7) is 0. The molecule has 0 fully saturated rings. The molecule has 0 aliphatic heterocycles. The van der Waals surface area contributed by atoms with Gasteiger partial charge in [-0.15, -0.1) is 0 Å². The zero-order valence-electron chi connectivity index (χ0n) is 11.9. The molecule has 3 rings (SSSR count). The molecule has 0 aliphatic carbocycles. The average Bonchev–Trinajstić information content (AvgIpc) is 2.94. The highest BCUT2D eigenvalue weighted by atomic mass is 16.5. The Bertz CT molecular complexity index is 784. The highest BCUT2D eigenvalue weighted by Crippen LogP contribution is 2.25. The summed E-state index contributed by atoms with van der Waals surface area (Å²) in [5, 5.41) is 6.86. The number of nitrogens with zero attached hydrogens (tertiary/aromatic N) is 3. The quantitative estimate of drug-likeness (QED) is 0.803. The molecule has 2 aromatic heterocycles. The molecule has 0 aliphatic rings. The van der Waals surface area contributed by atoms with Crippen molar-refractivity contribution in [3.8, 4) is 11.5 Å². The van der Waals surface area contributed by atoms with Gasteiger partial charge < -0.3 is 10.1 Å². The van der Waals surface area contributed by atoms with Crippen molar-refractivity contribution in [3.05, 3.63) is 66.6 Å². The van der Waals surface area contributed by atoms with Crippen LogP contribution < -0.4 is 10.1 Å². The molecule has 1 amide bonds. The number of para-hydroxylation sites is 1. The van der Waals surface area contributed by atoms with Crippen LogP contribution >= 0.6 is 0 Å². The molecule has 1 aromatic carbocycles. The predicted molar refractivity (Wildman–Crippen MR) is 81.9 cm³/mol. The van der Waals surface area contributed by atoms with Crippen molar-refractivity contribution in [2.45, 2.75) is 0 Å². The van der Waals surface area contributed by atoms with Gasteiger partial charge in [-0.3, -0.25) is 14.5 Å². The van der Waals surface area contributed by atoms with Gasteiger partial charge in [-0.25, -0.2) is 0 Å². The minimum absolute atomic E-state index is 0.279. The van der Waals surface area contributed by atoms with Gasteiger partial charge in [0.15, 0.2) is 5.82 Å². The number of pyridine rings is 1. The maximum Gasteiger partial charge on any atom is 0.260 e. The van der Waals surface area contributed by atoms with E-state index in [2.05, 4.69) is 15.4 Å². The summed E-state index contributed by atoms with van der Waals surface area (Å²) >= 11 is 0. The summed E-state index contributed by atoms with van der Waals surface area (Å²) in [5.41, 5.74) is 0.428. The Kier molecular flexibility index (Phi) is 3.82. The lowest BCUT2D eigenvalue weighted by Crippen LogP contribution is -2.13. The second-order valence-corrected chi connectivity index (χ2v) is 4.62. The number of rotatable bonds is 4. The SMILES string of the molecule is Cn1ccc(NC(=O)c2ccccc2Oc2cccnc2)n1. The number of nitrogens with one attached hydrogen (secondary N) is 1. The Labute approximate surface area is 127 Å². The van der Waals surface area contributed by atoms with E-state index in [4.69, 9.17) is 4.74 Å².